The van der Waals surface area contributed by atoms with Gasteiger partial charge in [-0.05, 0) is 26.7 Å². The van der Waals surface area contributed by atoms with Gasteiger partial charge in [-0.3, -0.25) is 13.8 Å². The van der Waals surface area contributed by atoms with Crippen molar-refractivity contribution in [3.05, 3.63) is 0 Å². The van der Waals surface area contributed by atoms with Crippen molar-refractivity contribution in [3.63, 3.8) is 0 Å². The zero-order valence-corrected chi connectivity index (χ0v) is 13.2. The number of piperazine rings is 1. The van der Waals surface area contributed by atoms with E-state index >= 15 is 0 Å². The lowest BCUT2D eigenvalue weighted by molar-refractivity contribution is -0.156. The molecule has 1 fully saturated rings. The minimum atomic E-state index is -0.993. The summed E-state index contributed by atoms with van der Waals surface area (Å²) >= 11 is 0. The molecule has 0 radical (unpaired) electrons. The van der Waals surface area contributed by atoms with Crippen LogP contribution in [-0.2, 0) is 20.4 Å². The van der Waals surface area contributed by atoms with Crippen LogP contribution in [0.5, 0.6) is 0 Å². The average molecular weight is 288 g/mol. The van der Waals surface area contributed by atoms with Crippen LogP contribution in [0.3, 0.4) is 0 Å². The van der Waals surface area contributed by atoms with Crippen molar-refractivity contribution in [1.82, 2.24) is 10.2 Å². The fraction of sp³-hybridized carbons (Fsp3) is 0.846. The number of carbonyl (C=O) groups excluding carboxylic acids is 2. The zero-order chi connectivity index (χ0) is 14.8. The molecule has 0 aromatic heterocycles. The summed E-state index contributed by atoms with van der Waals surface area (Å²) in [6.45, 7) is 7.37. The van der Waals surface area contributed by atoms with Crippen LogP contribution in [0.15, 0.2) is 0 Å². The first kappa shape index (κ1) is 16.1. The Kier molecular flexibility index (Phi) is 5.12. The van der Waals surface area contributed by atoms with Gasteiger partial charge in [0.1, 0.15) is 11.6 Å². The first-order valence-electron chi connectivity index (χ1n) is 6.71. The van der Waals surface area contributed by atoms with Crippen molar-refractivity contribution in [2.75, 3.05) is 12.0 Å². The van der Waals surface area contributed by atoms with Gasteiger partial charge < -0.3 is 10.2 Å². The van der Waals surface area contributed by atoms with Crippen molar-refractivity contribution in [2.24, 2.45) is 0 Å². The van der Waals surface area contributed by atoms with Crippen LogP contribution in [0, 0.1) is 0 Å². The molecule has 0 aliphatic carbocycles. The molecule has 0 saturated carbocycles. The maximum atomic E-state index is 12.6. The van der Waals surface area contributed by atoms with Gasteiger partial charge in [0.2, 0.25) is 11.8 Å². The third-order valence-electron chi connectivity index (χ3n) is 3.79. The SMILES string of the molecule is CCC1C(=O)NC(C)(CC)C(=O)N1C(C)CS(C)=O. The largest absolute Gasteiger partial charge is 0.340 e. The van der Waals surface area contributed by atoms with Crippen molar-refractivity contribution in [1.29, 1.82) is 0 Å². The molecule has 1 aliphatic heterocycles. The highest BCUT2D eigenvalue weighted by Crippen LogP contribution is 2.25. The Morgan fingerprint density at radius 1 is 1.42 bits per heavy atom. The van der Waals surface area contributed by atoms with Crippen molar-refractivity contribution < 1.29 is 13.8 Å². The van der Waals surface area contributed by atoms with Gasteiger partial charge in [-0.2, -0.15) is 0 Å². The molecule has 0 bridgehead atoms. The lowest BCUT2D eigenvalue weighted by Crippen LogP contribution is -2.70. The first-order valence-corrected chi connectivity index (χ1v) is 8.44. The Balaban J connectivity index is 3.09. The predicted octanol–water partition coefficient (Wildman–Crippen LogP) is 0.659. The number of nitrogens with one attached hydrogen (secondary N) is 1. The van der Waals surface area contributed by atoms with E-state index < -0.39 is 22.4 Å². The monoisotopic (exact) mass is 288 g/mol. The van der Waals surface area contributed by atoms with Crippen LogP contribution in [0.1, 0.15) is 40.5 Å². The number of hydrogen-bond donors (Lipinski definition) is 1. The summed E-state index contributed by atoms with van der Waals surface area (Å²) < 4.78 is 11.4. The zero-order valence-electron chi connectivity index (χ0n) is 12.4. The summed E-state index contributed by atoms with van der Waals surface area (Å²) in [4.78, 5) is 26.4. The molecule has 1 N–H and O–H groups in total. The lowest BCUT2D eigenvalue weighted by Gasteiger charge is -2.46. The molecule has 1 aliphatic rings. The topological polar surface area (TPSA) is 66.5 Å². The molecule has 5 nitrogen and oxygen atoms in total. The maximum absolute atomic E-state index is 12.6. The second-order valence-corrected chi connectivity index (χ2v) is 6.88. The standard InChI is InChI=1S/C13H24N2O3S/c1-6-10-11(16)14-13(4,7-2)12(17)15(10)9(3)8-19(5)18/h9-10H,6-8H2,1-5H3,(H,14,16). The Morgan fingerprint density at radius 3 is 2.42 bits per heavy atom. The van der Waals surface area contributed by atoms with E-state index in [-0.39, 0.29) is 17.9 Å². The summed E-state index contributed by atoms with van der Waals surface area (Å²) in [7, 11) is -0.993. The fourth-order valence-corrected chi connectivity index (χ4v) is 3.35. The summed E-state index contributed by atoms with van der Waals surface area (Å²) in [5.41, 5.74) is -0.841. The molecule has 6 heteroatoms. The van der Waals surface area contributed by atoms with E-state index in [4.69, 9.17) is 0 Å². The van der Waals surface area contributed by atoms with Crippen LogP contribution < -0.4 is 5.32 Å². The van der Waals surface area contributed by atoms with Gasteiger partial charge in [0, 0.05) is 28.9 Å². The van der Waals surface area contributed by atoms with Crippen LogP contribution in [-0.4, -0.2) is 50.6 Å². The predicted molar refractivity (Wildman–Crippen MR) is 76.2 cm³/mol. The molecule has 1 heterocycles. The summed E-state index contributed by atoms with van der Waals surface area (Å²) in [6.07, 6.45) is 2.73. The Labute approximate surface area is 117 Å². The van der Waals surface area contributed by atoms with Gasteiger partial charge in [-0.15, -0.1) is 0 Å². The molecule has 4 atom stereocenters. The third kappa shape index (κ3) is 3.16. The summed E-state index contributed by atoms with van der Waals surface area (Å²) in [5, 5.41) is 2.83. The van der Waals surface area contributed by atoms with Crippen LogP contribution >= 0.6 is 0 Å². The number of amides is 2. The van der Waals surface area contributed by atoms with E-state index in [1.54, 1.807) is 18.1 Å². The summed E-state index contributed by atoms with van der Waals surface area (Å²) in [6, 6.07) is -0.647. The smallest absolute Gasteiger partial charge is 0.248 e. The highest BCUT2D eigenvalue weighted by Gasteiger charge is 2.47. The van der Waals surface area contributed by atoms with E-state index in [9.17, 15) is 13.8 Å². The normalized spacial score (nSPS) is 31.0. The molecular weight excluding hydrogens is 264 g/mol. The number of rotatable bonds is 5. The Morgan fingerprint density at radius 2 is 2.00 bits per heavy atom. The average Bonchev–Trinajstić information content (AvgIpc) is 2.32. The highest BCUT2D eigenvalue weighted by atomic mass is 32.2. The van der Waals surface area contributed by atoms with Gasteiger partial charge in [0.05, 0.1) is 0 Å². The molecule has 1 rings (SSSR count). The minimum absolute atomic E-state index is 0.0700. The Bertz CT molecular complexity index is 399. The van der Waals surface area contributed by atoms with Crippen molar-refractivity contribution >= 4 is 22.6 Å². The van der Waals surface area contributed by atoms with Crippen LogP contribution in [0.4, 0.5) is 0 Å². The van der Waals surface area contributed by atoms with E-state index in [0.29, 0.717) is 18.6 Å². The Hall–Kier alpha value is -0.910. The highest BCUT2D eigenvalue weighted by molar-refractivity contribution is 7.84. The second kappa shape index (κ2) is 6.03. The molecule has 2 amide bonds. The van der Waals surface area contributed by atoms with Gasteiger partial charge in [0.15, 0.2) is 0 Å². The first-order chi connectivity index (χ1) is 8.76. The quantitative estimate of drug-likeness (QED) is 0.808. The van der Waals surface area contributed by atoms with E-state index in [0.717, 1.165) is 0 Å². The molecule has 110 valence electrons. The molecule has 0 aromatic carbocycles. The van der Waals surface area contributed by atoms with Crippen molar-refractivity contribution in [2.45, 2.75) is 58.2 Å². The number of nitrogens with zero attached hydrogens (tertiary/aromatic N) is 1. The van der Waals surface area contributed by atoms with Gasteiger partial charge in [-0.1, -0.05) is 13.8 Å². The molecule has 0 aromatic rings. The molecule has 0 spiro atoms. The van der Waals surface area contributed by atoms with Gasteiger partial charge >= 0.3 is 0 Å². The molecular formula is C13H24N2O3S. The van der Waals surface area contributed by atoms with Gasteiger partial charge in [0.25, 0.3) is 0 Å². The maximum Gasteiger partial charge on any atom is 0.248 e. The van der Waals surface area contributed by atoms with Gasteiger partial charge in [-0.25, -0.2) is 0 Å². The molecule has 4 unspecified atom stereocenters. The third-order valence-corrected chi connectivity index (χ3v) is 4.74. The molecule has 1 saturated heterocycles. The van der Waals surface area contributed by atoms with E-state index in [2.05, 4.69) is 5.32 Å². The number of carbonyl (C=O) groups is 2. The summed E-state index contributed by atoms with van der Waals surface area (Å²) in [5.74, 6) is 0.217. The minimum Gasteiger partial charge on any atom is -0.340 e. The molecule has 19 heavy (non-hydrogen) atoms. The van der Waals surface area contributed by atoms with E-state index in [1.165, 1.54) is 0 Å². The van der Waals surface area contributed by atoms with E-state index in [1.807, 2.05) is 20.8 Å². The number of hydrogen-bond acceptors (Lipinski definition) is 3. The lowest BCUT2D eigenvalue weighted by atomic mass is 9.90. The second-order valence-electron chi connectivity index (χ2n) is 5.40. The van der Waals surface area contributed by atoms with Crippen LogP contribution in [0.2, 0.25) is 0 Å². The van der Waals surface area contributed by atoms with Crippen molar-refractivity contribution in [3.8, 4) is 0 Å². The van der Waals surface area contributed by atoms with Crippen LogP contribution in [0.25, 0.3) is 0 Å². The fourth-order valence-electron chi connectivity index (χ4n) is 2.51.